The van der Waals surface area contributed by atoms with Crippen LogP contribution in [0.1, 0.15) is 19.3 Å². The molecular weight excluding hydrogens is 458 g/mol. The fourth-order valence-electron chi connectivity index (χ4n) is 2.69. The van der Waals surface area contributed by atoms with E-state index >= 15 is 0 Å². The van der Waals surface area contributed by atoms with E-state index in [0.717, 1.165) is 11.8 Å². The Bertz CT molecular complexity index is 802. The van der Waals surface area contributed by atoms with E-state index in [2.05, 4.69) is 26.3 Å². The highest BCUT2D eigenvalue weighted by Crippen LogP contribution is 2.06. The first kappa shape index (κ1) is 27.5. The Hall–Kier alpha value is -3.56. The van der Waals surface area contributed by atoms with E-state index in [1.165, 1.54) is 0 Å². The van der Waals surface area contributed by atoms with Crippen LogP contribution in [0.15, 0.2) is 4.99 Å². The lowest BCUT2D eigenvalue weighted by Gasteiger charge is -2.21. The number of aliphatic imine (C=N–C) groups is 1. The molecule has 1 saturated heterocycles. The minimum atomic E-state index is -1.30. The van der Waals surface area contributed by atoms with Gasteiger partial charge < -0.3 is 44.2 Å². The summed E-state index contributed by atoms with van der Waals surface area (Å²) in [5, 5.41) is 9.53. The van der Waals surface area contributed by atoms with Gasteiger partial charge >= 0.3 is 0 Å². The molecule has 15 nitrogen and oxygen atoms in total. The van der Waals surface area contributed by atoms with Gasteiger partial charge in [-0.1, -0.05) is 0 Å². The largest absolute Gasteiger partial charge is 0.370 e. The molecule has 1 fully saturated rings. The summed E-state index contributed by atoms with van der Waals surface area (Å²) in [6.45, 7) is -0.355. The molecule has 0 unspecified atom stereocenters. The Balaban J connectivity index is 3.04. The van der Waals surface area contributed by atoms with Gasteiger partial charge in [0.05, 0.1) is 18.7 Å². The van der Waals surface area contributed by atoms with Crippen molar-refractivity contribution in [2.45, 2.75) is 37.4 Å². The van der Waals surface area contributed by atoms with Gasteiger partial charge in [-0.3, -0.25) is 33.8 Å². The van der Waals surface area contributed by atoms with E-state index in [1.54, 1.807) is 0 Å². The summed E-state index contributed by atoms with van der Waals surface area (Å²) >= 11 is 0.972. The predicted molar refractivity (Wildman–Crippen MR) is 119 cm³/mol. The minimum Gasteiger partial charge on any atom is -0.370 e. The zero-order valence-electron chi connectivity index (χ0n) is 17.8. The van der Waals surface area contributed by atoms with Crippen LogP contribution in [-0.2, 0) is 28.8 Å². The SMILES string of the molecule is NC(=O)C[C@@H]1NC(=O)CSC[C@@H](C(N)=O)NC(=O)[C@H](CCCN=C(N)N)NC(=O)CNC1=O. The van der Waals surface area contributed by atoms with Gasteiger partial charge in [0, 0.05) is 12.3 Å². The van der Waals surface area contributed by atoms with Crippen molar-refractivity contribution in [2.24, 2.45) is 27.9 Å². The highest BCUT2D eigenvalue weighted by atomic mass is 32.2. The number of carbonyl (C=O) groups excluding carboxylic acids is 6. The standard InChI is InChI=1S/C17H29N9O6S/c18-11(27)4-9-15(31)23-5-12(28)24-8(2-1-3-22-17(20)21)16(32)26-10(14(19)30)6-33-7-13(29)25-9/h8-10H,1-7H2,(H2,18,27)(H2,19,30)(H,23,31)(H,24,28)(H,25,29)(H,26,32)(H4,20,21,22)/t8-,9-,10-/m0/s1. The van der Waals surface area contributed by atoms with Crippen LogP contribution in [-0.4, -0.2) is 84.1 Å². The molecule has 0 spiro atoms. The van der Waals surface area contributed by atoms with Crippen LogP contribution in [0.25, 0.3) is 0 Å². The molecule has 0 aliphatic carbocycles. The topological polar surface area (TPSA) is 267 Å². The van der Waals surface area contributed by atoms with E-state index in [-0.39, 0.29) is 30.4 Å². The van der Waals surface area contributed by atoms with Gasteiger partial charge in [0.15, 0.2) is 5.96 Å². The number of primary amides is 2. The highest BCUT2D eigenvalue weighted by molar-refractivity contribution is 8.00. The van der Waals surface area contributed by atoms with Gasteiger partial charge in [0.1, 0.15) is 18.1 Å². The van der Waals surface area contributed by atoms with E-state index in [4.69, 9.17) is 22.9 Å². The molecule has 0 radical (unpaired) electrons. The summed E-state index contributed by atoms with van der Waals surface area (Å²) in [4.78, 5) is 76.3. The zero-order valence-corrected chi connectivity index (χ0v) is 18.6. The molecule has 6 amide bonds. The molecular formula is C17H29N9O6S. The Labute approximate surface area is 193 Å². The number of carbonyl (C=O) groups is 6. The fraction of sp³-hybridized carbons (Fsp3) is 0.588. The third kappa shape index (κ3) is 11.0. The van der Waals surface area contributed by atoms with Crippen molar-refractivity contribution in [3.05, 3.63) is 0 Å². The quantitative estimate of drug-likeness (QED) is 0.0966. The van der Waals surface area contributed by atoms with E-state index in [1.807, 2.05) is 0 Å². The Morgan fingerprint density at radius 1 is 0.939 bits per heavy atom. The number of hydrogen-bond donors (Lipinski definition) is 8. The van der Waals surface area contributed by atoms with Crippen LogP contribution in [0.2, 0.25) is 0 Å². The van der Waals surface area contributed by atoms with Crippen molar-refractivity contribution in [1.82, 2.24) is 21.3 Å². The summed E-state index contributed by atoms with van der Waals surface area (Å²) in [6.07, 6.45) is -0.0514. The average Bonchev–Trinajstić information content (AvgIpc) is 2.71. The third-order valence-electron chi connectivity index (χ3n) is 4.25. The fourth-order valence-corrected chi connectivity index (χ4v) is 3.56. The van der Waals surface area contributed by atoms with Crippen LogP contribution in [0.5, 0.6) is 0 Å². The summed E-state index contributed by atoms with van der Waals surface area (Å²) in [5.74, 6) is -4.88. The average molecular weight is 488 g/mol. The Morgan fingerprint density at radius 3 is 2.21 bits per heavy atom. The number of guanidine groups is 1. The second kappa shape index (κ2) is 13.8. The maximum Gasteiger partial charge on any atom is 0.243 e. The van der Waals surface area contributed by atoms with Crippen LogP contribution in [0, 0.1) is 0 Å². The maximum absolute atomic E-state index is 12.7. The first-order chi connectivity index (χ1) is 15.5. The lowest BCUT2D eigenvalue weighted by atomic mass is 10.1. The lowest BCUT2D eigenvalue weighted by Crippen LogP contribution is -2.55. The summed E-state index contributed by atoms with van der Waals surface area (Å²) < 4.78 is 0. The lowest BCUT2D eigenvalue weighted by molar-refractivity contribution is -0.133. The number of hydrogen-bond acceptors (Lipinski definition) is 8. The predicted octanol–water partition coefficient (Wildman–Crippen LogP) is -5.28. The summed E-state index contributed by atoms with van der Waals surface area (Å²) in [5.41, 5.74) is 21.0. The second-order valence-corrected chi connectivity index (χ2v) is 8.09. The molecule has 12 N–H and O–H groups in total. The van der Waals surface area contributed by atoms with Crippen molar-refractivity contribution >= 4 is 53.2 Å². The monoisotopic (exact) mass is 487 g/mol. The smallest absolute Gasteiger partial charge is 0.243 e. The van der Waals surface area contributed by atoms with Gasteiger partial charge in [-0.2, -0.15) is 0 Å². The Kier molecular flexibility index (Phi) is 11.5. The van der Waals surface area contributed by atoms with Crippen molar-refractivity contribution in [3.8, 4) is 0 Å². The third-order valence-corrected chi connectivity index (χ3v) is 5.29. The number of nitrogens with one attached hydrogen (secondary N) is 4. The number of thioether (sulfide) groups is 1. The summed E-state index contributed by atoms with van der Waals surface area (Å²) in [6, 6.07) is -3.50. The van der Waals surface area contributed by atoms with Crippen LogP contribution >= 0.6 is 11.8 Å². The van der Waals surface area contributed by atoms with E-state index < -0.39 is 66.5 Å². The highest BCUT2D eigenvalue weighted by Gasteiger charge is 2.28. The molecule has 33 heavy (non-hydrogen) atoms. The number of nitrogens with two attached hydrogens (primary N) is 4. The number of amides is 6. The second-order valence-electron chi connectivity index (χ2n) is 7.06. The van der Waals surface area contributed by atoms with Crippen molar-refractivity contribution in [2.75, 3.05) is 24.6 Å². The molecule has 1 heterocycles. The molecule has 0 saturated carbocycles. The Morgan fingerprint density at radius 2 is 1.61 bits per heavy atom. The molecule has 0 aromatic rings. The molecule has 1 aliphatic rings. The van der Waals surface area contributed by atoms with Gasteiger partial charge in [-0.05, 0) is 12.8 Å². The molecule has 184 valence electrons. The van der Waals surface area contributed by atoms with Crippen molar-refractivity contribution in [3.63, 3.8) is 0 Å². The van der Waals surface area contributed by atoms with Gasteiger partial charge in [0.2, 0.25) is 35.4 Å². The molecule has 0 bridgehead atoms. The van der Waals surface area contributed by atoms with Gasteiger partial charge in [-0.15, -0.1) is 11.8 Å². The molecule has 16 heteroatoms. The molecule has 3 atom stereocenters. The van der Waals surface area contributed by atoms with E-state index in [9.17, 15) is 28.8 Å². The van der Waals surface area contributed by atoms with Crippen LogP contribution in [0.4, 0.5) is 0 Å². The number of rotatable bonds is 7. The summed E-state index contributed by atoms with van der Waals surface area (Å²) in [7, 11) is 0. The maximum atomic E-state index is 12.7. The van der Waals surface area contributed by atoms with Crippen LogP contribution < -0.4 is 44.2 Å². The zero-order chi connectivity index (χ0) is 25.0. The van der Waals surface area contributed by atoms with Crippen molar-refractivity contribution < 1.29 is 28.8 Å². The van der Waals surface area contributed by atoms with Gasteiger partial charge in [0.25, 0.3) is 0 Å². The van der Waals surface area contributed by atoms with Crippen molar-refractivity contribution in [1.29, 1.82) is 0 Å². The van der Waals surface area contributed by atoms with E-state index in [0.29, 0.717) is 6.42 Å². The van der Waals surface area contributed by atoms with Gasteiger partial charge in [-0.25, -0.2) is 0 Å². The molecule has 0 aromatic heterocycles. The molecule has 1 rings (SSSR count). The first-order valence-corrected chi connectivity index (χ1v) is 11.0. The molecule has 0 aromatic carbocycles. The molecule has 1 aliphatic heterocycles. The van der Waals surface area contributed by atoms with Crippen LogP contribution in [0.3, 0.4) is 0 Å². The normalized spacial score (nSPS) is 23.0. The minimum absolute atomic E-state index is 0.0458. The number of nitrogens with zero attached hydrogens (tertiary/aromatic N) is 1. The first-order valence-electron chi connectivity index (χ1n) is 9.87.